The SMILES string of the molecule is CC(C)CCCNC(=O)N(CCO)C1CC1. The van der Waals surface area contributed by atoms with E-state index >= 15 is 0 Å². The summed E-state index contributed by atoms with van der Waals surface area (Å²) in [5.74, 6) is 0.689. The molecule has 1 aliphatic rings. The van der Waals surface area contributed by atoms with Crippen LogP contribution in [0.1, 0.15) is 39.5 Å². The lowest BCUT2D eigenvalue weighted by Gasteiger charge is -2.21. The van der Waals surface area contributed by atoms with Crippen LogP contribution in [-0.2, 0) is 0 Å². The molecule has 0 spiro atoms. The molecule has 1 aliphatic carbocycles. The van der Waals surface area contributed by atoms with Gasteiger partial charge >= 0.3 is 6.03 Å². The van der Waals surface area contributed by atoms with Crippen LogP contribution in [0.4, 0.5) is 4.79 Å². The van der Waals surface area contributed by atoms with Gasteiger partial charge in [0.1, 0.15) is 0 Å². The Balaban J connectivity index is 2.16. The molecule has 16 heavy (non-hydrogen) atoms. The molecule has 0 aromatic heterocycles. The monoisotopic (exact) mass is 228 g/mol. The van der Waals surface area contributed by atoms with E-state index in [0.29, 0.717) is 18.5 Å². The third-order valence-electron chi connectivity index (χ3n) is 2.82. The Morgan fingerprint density at radius 3 is 2.69 bits per heavy atom. The molecule has 4 nitrogen and oxygen atoms in total. The van der Waals surface area contributed by atoms with Crippen LogP contribution in [0.3, 0.4) is 0 Å². The van der Waals surface area contributed by atoms with Crippen LogP contribution in [-0.4, -0.2) is 41.8 Å². The number of hydrogen-bond acceptors (Lipinski definition) is 2. The smallest absolute Gasteiger partial charge is 0.317 e. The van der Waals surface area contributed by atoms with E-state index < -0.39 is 0 Å². The lowest BCUT2D eigenvalue weighted by atomic mass is 10.1. The first kappa shape index (κ1) is 13.3. The van der Waals surface area contributed by atoms with Crippen molar-refractivity contribution in [1.29, 1.82) is 0 Å². The molecule has 1 rings (SSSR count). The van der Waals surface area contributed by atoms with Gasteiger partial charge in [-0.05, 0) is 31.6 Å². The van der Waals surface area contributed by atoms with Crippen molar-refractivity contribution in [2.24, 2.45) is 5.92 Å². The fourth-order valence-corrected chi connectivity index (χ4v) is 1.75. The first-order valence-corrected chi connectivity index (χ1v) is 6.30. The fourth-order valence-electron chi connectivity index (χ4n) is 1.75. The van der Waals surface area contributed by atoms with E-state index in [1.54, 1.807) is 4.90 Å². The van der Waals surface area contributed by atoms with Crippen LogP contribution in [0.15, 0.2) is 0 Å². The van der Waals surface area contributed by atoms with Gasteiger partial charge in [0.05, 0.1) is 6.61 Å². The molecule has 0 unspecified atom stereocenters. The van der Waals surface area contributed by atoms with E-state index in [0.717, 1.165) is 32.2 Å². The number of nitrogens with zero attached hydrogens (tertiary/aromatic N) is 1. The summed E-state index contributed by atoms with van der Waals surface area (Å²) in [6, 6.07) is 0.359. The van der Waals surface area contributed by atoms with Crippen molar-refractivity contribution in [3.05, 3.63) is 0 Å². The third kappa shape index (κ3) is 4.84. The standard InChI is InChI=1S/C12H24N2O2/c1-10(2)4-3-7-13-12(16)14(8-9-15)11-5-6-11/h10-11,15H,3-9H2,1-2H3,(H,13,16). The van der Waals surface area contributed by atoms with Crippen LogP contribution in [0.5, 0.6) is 0 Å². The van der Waals surface area contributed by atoms with Gasteiger partial charge in [-0.15, -0.1) is 0 Å². The Hall–Kier alpha value is -0.770. The van der Waals surface area contributed by atoms with Crippen molar-refractivity contribution in [2.75, 3.05) is 19.7 Å². The lowest BCUT2D eigenvalue weighted by molar-refractivity contribution is 0.173. The van der Waals surface area contributed by atoms with Crippen molar-refractivity contribution in [1.82, 2.24) is 10.2 Å². The first-order chi connectivity index (χ1) is 7.65. The maximum Gasteiger partial charge on any atom is 0.317 e. The number of rotatable bonds is 7. The Morgan fingerprint density at radius 1 is 1.50 bits per heavy atom. The number of carbonyl (C=O) groups is 1. The van der Waals surface area contributed by atoms with E-state index in [9.17, 15) is 4.79 Å². The second kappa shape index (κ2) is 6.74. The highest BCUT2D eigenvalue weighted by molar-refractivity contribution is 5.74. The Bertz CT molecular complexity index is 215. The summed E-state index contributed by atoms with van der Waals surface area (Å²) in [5.41, 5.74) is 0. The average Bonchev–Trinajstić information content (AvgIpc) is 3.04. The molecule has 0 aromatic rings. The summed E-state index contributed by atoms with van der Waals surface area (Å²) in [5, 5.41) is 11.8. The number of nitrogens with one attached hydrogen (secondary N) is 1. The number of carbonyl (C=O) groups excluding carboxylic acids is 1. The predicted octanol–water partition coefficient (Wildman–Crippen LogP) is 1.59. The van der Waals surface area contributed by atoms with Gasteiger partial charge in [0.15, 0.2) is 0 Å². The first-order valence-electron chi connectivity index (χ1n) is 6.30. The zero-order chi connectivity index (χ0) is 12.0. The van der Waals surface area contributed by atoms with Crippen molar-refractivity contribution in [2.45, 2.75) is 45.6 Å². The van der Waals surface area contributed by atoms with Gasteiger partial charge < -0.3 is 15.3 Å². The van der Waals surface area contributed by atoms with Gasteiger partial charge in [0.2, 0.25) is 0 Å². The summed E-state index contributed by atoms with van der Waals surface area (Å²) in [4.78, 5) is 13.5. The largest absolute Gasteiger partial charge is 0.395 e. The molecule has 0 radical (unpaired) electrons. The summed E-state index contributed by atoms with van der Waals surface area (Å²) < 4.78 is 0. The molecular formula is C12H24N2O2. The molecule has 1 saturated carbocycles. The van der Waals surface area contributed by atoms with Crippen LogP contribution >= 0.6 is 0 Å². The van der Waals surface area contributed by atoms with E-state index in [2.05, 4.69) is 19.2 Å². The van der Waals surface area contributed by atoms with Gasteiger partial charge in [-0.3, -0.25) is 0 Å². The van der Waals surface area contributed by atoms with Crippen LogP contribution in [0.25, 0.3) is 0 Å². The Morgan fingerprint density at radius 2 is 2.19 bits per heavy atom. The van der Waals surface area contributed by atoms with Crippen molar-refractivity contribution in [3.63, 3.8) is 0 Å². The summed E-state index contributed by atoms with van der Waals surface area (Å²) in [7, 11) is 0. The normalized spacial score (nSPS) is 15.2. The Kier molecular flexibility index (Phi) is 5.60. The average molecular weight is 228 g/mol. The molecule has 0 saturated heterocycles. The predicted molar refractivity (Wildman–Crippen MR) is 64.3 cm³/mol. The van der Waals surface area contributed by atoms with Crippen molar-refractivity contribution in [3.8, 4) is 0 Å². The van der Waals surface area contributed by atoms with E-state index in [-0.39, 0.29) is 12.6 Å². The number of amides is 2. The van der Waals surface area contributed by atoms with Gasteiger partial charge in [0.25, 0.3) is 0 Å². The molecule has 2 amide bonds. The van der Waals surface area contributed by atoms with Gasteiger partial charge in [-0.25, -0.2) is 4.79 Å². The van der Waals surface area contributed by atoms with Crippen LogP contribution in [0, 0.1) is 5.92 Å². The minimum absolute atomic E-state index is 0.0136. The van der Waals surface area contributed by atoms with E-state index in [4.69, 9.17) is 5.11 Å². The number of aliphatic hydroxyl groups excluding tert-OH is 1. The quantitative estimate of drug-likeness (QED) is 0.650. The summed E-state index contributed by atoms with van der Waals surface area (Å²) >= 11 is 0. The minimum Gasteiger partial charge on any atom is -0.395 e. The molecule has 0 aliphatic heterocycles. The fraction of sp³-hybridized carbons (Fsp3) is 0.917. The minimum atomic E-state index is -0.0136. The van der Waals surface area contributed by atoms with Crippen LogP contribution in [0.2, 0.25) is 0 Å². The third-order valence-corrected chi connectivity index (χ3v) is 2.82. The number of hydrogen-bond donors (Lipinski definition) is 2. The molecule has 1 fully saturated rings. The van der Waals surface area contributed by atoms with Gasteiger partial charge in [-0.1, -0.05) is 13.8 Å². The second-order valence-corrected chi connectivity index (χ2v) is 4.92. The second-order valence-electron chi connectivity index (χ2n) is 4.92. The number of aliphatic hydroxyl groups is 1. The molecular weight excluding hydrogens is 204 g/mol. The van der Waals surface area contributed by atoms with Crippen molar-refractivity contribution >= 4 is 6.03 Å². The van der Waals surface area contributed by atoms with E-state index in [1.165, 1.54) is 0 Å². The highest BCUT2D eigenvalue weighted by Crippen LogP contribution is 2.26. The highest BCUT2D eigenvalue weighted by Gasteiger charge is 2.31. The summed E-state index contributed by atoms with van der Waals surface area (Å²) in [6.45, 7) is 5.62. The zero-order valence-corrected chi connectivity index (χ0v) is 10.4. The summed E-state index contributed by atoms with van der Waals surface area (Å²) in [6.07, 6.45) is 4.34. The molecule has 0 heterocycles. The maximum absolute atomic E-state index is 11.8. The zero-order valence-electron chi connectivity index (χ0n) is 10.4. The van der Waals surface area contributed by atoms with Crippen molar-refractivity contribution < 1.29 is 9.90 Å². The van der Waals surface area contributed by atoms with Gasteiger partial charge in [-0.2, -0.15) is 0 Å². The maximum atomic E-state index is 11.8. The molecule has 0 bridgehead atoms. The molecule has 94 valence electrons. The van der Waals surface area contributed by atoms with Crippen LogP contribution < -0.4 is 5.32 Å². The lowest BCUT2D eigenvalue weighted by Crippen LogP contribution is -2.43. The van der Waals surface area contributed by atoms with E-state index in [1.807, 2.05) is 0 Å². The number of urea groups is 1. The molecule has 0 atom stereocenters. The highest BCUT2D eigenvalue weighted by atomic mass is 16.3. The molecule has 4 heteroatoms. The Labute approximate surface area is 98.0 Å². The molecule has 0 aromatic carbocycles. The topological polar surface area (TPSA) is 52.6 Å². The van der Waals surface area contributed by atoms with Gasteiger partial charge in [0, 0.05) is 19.1 Å². The molecule has 2 N–H and O–H groups in total.